The van der Waals surface area contributed by atoms with Crippen LogP contribution in [0.4, 0.5) is 5.82 Å². The zero-order valence-corrected chi connectivity index (χ0v) is 11.6. The number of anilines is 1. The second kappa shape index (κ2) is 4.98. The highest BCUT2D eigenvalue weighted by Crippen LogP contribution is 2.35. The summed E-state index contributed by atoms with van der Waals surface area (Å²) in [5.41, 5.74) is 10.6. The van der Waals surface area contributed by atoms with Crippen LogP contribution in [0.25, 0.3) is 22.4 Å². The first-order valence-corrected chi connectivity index (χ1v) is 6.55. The van der Waals surface area contributed by atoms with Gasteiger partial charge in [-0.2, -0.15) is 5.10 Å². The van der Waals surface area contributed by atoms with Crippen LogP contribution in [0.15, 0.2) is 42.7 Å². The van der Waals surface area contributed by atoms with E-state index in [0.29, 0.717) is 10.8 Å². The van der Waals surface area contributed by atoms with Gasteiger partial charge in [-0.3, -0.25) is 10.1 Å². The van der Waals surface area contributed by atoms with Crippen LogP contribution in [0.1, 0.15) is 5.56 Å². The molecular formula is C15H13ClN4. The zero-order chi connectivity index (χ0) is 14.1. The van der Waals surface area contributed by atoms with Gasteiger partial charge in [0.1, 0.15) is 0 Å². The van der Waals surface area contributed by atoms with Gasteiger partial charge >= 0.3 is 0 Å². The van der Waals surface area contributed by atoms with Crippen molar-refractivity contribution < 1.29 is 0 Å². The Morgan fingerprint density at radius 3 is 2.75 bits per heavy atom. The minimum atomic E-state index is 0.450. The van der Waals surface area contributed by atoms with Gasteiger partial charge in [0.15, 0.2) is 5.82 Å². The zero-order valence-electron chi connectivity index (χ0n) is 10.9. The number of nitrogen functional groups attached to an aromatic ring is 1. The van der Waals surface area contributed by atoms with Gasteiger partial charge in [0.05, 0.1) is 11.3 Å². The third kappa shape index (κ3) is 2.26. The number of pyridine rings is 1. The van der Waals surface area contributed by atoms with Crippen molar-refractivity contribution in [1.29, 1.82) is 0 Å². The highest BCUT2D eigenvalue weighted by molar-refractivity contribution is 6.31. The molecule has 0 aliphatic rings. The predicted molar refractivity (Wildman–Crippen MR) is 81.4 cm³/mol. The van der Waals surface area contributed by atoms with Crippen molar-refractivity contribution in [2.24, 2.45) is 0 Å². The molecule has 20 heavy (non-hydrogen) atoms. The Kier molecular flexibility index (Phi) is 3.16. The van der Waals surface area contributed by atoms with E-state index in [4.69, 9.17) is 17.3 Å². The Bertz CT molecular complexity index is 730. The van der Waals surface area contributed by atoms with E-state index in [1.807, 2.05) is 37.3 Å². The second-order valence-electron chi connectivity index (χ2n) is 4.62. The predicted octanol–water partition coefficient (Wildman–Crippen LogP) is 3.68. The molecule has 0 saturated carbocycles. The smallest absolute Gasteiger partial charge is 0.153 e. The fourth-order valence-electron chi connectivity index (χ4n) is 2.25. The lowest BCUT2D eigenvalue weighted by atomic mass is 10.0. The van der Waals surface area contributed by atoms with Crippen LogP contribution in [-0.2, 0) is 0 Å². The normalized spacial score (nSPS) is 10.7. The first kappa shape index (κ1) is 12.7. The number of benzene rings is 1. The first-order chi connectivity index (χ1) is 9.65. The number of nitrogens with zero attached hydrogens (tertiary/aromatic N) is 2. The number of H-pyrrole nitrogens is 1. The maximum Gasteiger partial charge on any atom is 0.153 e. The molecule has 0 amide bonds. The average molecular weight is 285 g/mol. The summed E-state index contributed by atoms with van der Waals surface area (Å²) >= 11 is 6.13. The monoisotopic (exact) mass is 284 g/mol. The summed E-state index contributed by atoms with van der Waals surface area (Å²) in [7, 11) is 0. The summed E-state index contributed by atoms with van der Waals surface area (Å²) in [6, 6.07) is 9.67. The van der Waals surface area contributed by atoms with Crippen molar-refractivity contribution in [2.75, 3.05) is 5.73 Å². The molecular weight excluding hydrogens is 272 g/mol. The van der Waals surface area contributed by atoms with Crippen LogP contribution in [0, 0.1) is 6.92 Å². The largest absolute Gasteiger partial charge is 0.382 e. The summed E-state index contributed by atoms with van der Waals surface area (Å²) in [6.07, 6.45) is 3.49. The number of nitrogens with two attached hydrogens (primary N) is 1. The van der Waals surface area contributed by atoms with Gasteiger partial charge in [0, 0.05) is 28.5 Å². The lowest BCUT2D eigenvalue weighted by Gasteiger charge is -2.06. The molecule has 0 aliphatic carbocycles. The minimum Gasteiger partial charge on any atom is -0.382 e. The van der Waals surface area contributed by atoms with Gasteiger partial charge in [-0.1, -0.05) is 17.7 Å². The third-order valence-electron chi connectivity index (χ3n) is 3.08. The van der Waals surface area contributed by atoms with E-state index in [9.17, 15) is 0 Å². The molecule has 0 radical (unpaired) electrons. The Morgan fingerprint density at radius 2 is 2.05 bits per heavy atom. The number of aromatic amines is 1. The van der Waals surface area contributed by atoms with Crippen LogP contribution >= 0.6 is 11.6 Å². The summed E-state index contributed by atoms with van der Waals surface area (Å²) in [5.74, 6) is 0.450. The van der Waals surface area contributed by atoms with E-state index in [-0.39, 0.29) is 0 Å². The van der Waals surface area contributed by atoms with E-state index >= 15 is 0 Å². The quantitative estimate of drug-likeness (QED) is 0.754. The van der Waals surface area contributed by atoms with Crippen LogP contribution in [0.5, 0.6) is 0 Å². The van der Waals surface area contributed by atoms with E-state index in [1.165, 1.54) is 0 Å². The van der Waals surface area contributed by atoms with Gasteiger partial charge in [0.25, 0.3) is 0 Å². The maximum absolute atomic E-state index is 6.13. The van der Waals surface area contributed by atoms with Crippen LogP contribution in [0.2, 0.25) is 5.02 Å². The Labute approximate surface area is 121 Å². The lowest BCUT2D eigenvalue weighted by molar-refractivity contribution is 1.10. The highest BCUT2D eigenvalue weighted by atomic mass is 35.5. The molecule has 0 spiro atoms. The molecule has 0 unspecified atom stereocenters. The molecule has 4 nitrogen and oxygen atoms in total. The van der Waals surface area contributed by atoms with Crippen molar-refractivity contribution in [2.45, 2.75) is 6.92 Å². The molecule has 0 saturated heterocycles. The molecule has 2 heterocycles. The minimum absolute atomic E-state index is 0.450. The van der Waals surface area contributed by atoms with E-state index in [2.05, 4.69) is 15.2 Å². The van der Waals surface area contributed by atoms with E-state index < -0.39 is 0 Å². The number of rotatable bonds is 2. The molecule has 0 aliphatic heterocycles. The molecule has 0 bridgehead atoms. The summed E-state index contributed by atoms with van der Waals surface area (Å²) < 4.78 is 0. The van der Waals surface area contributed by atoms with Crippen molar-refractivity contribution in [1.82, 2.24) is 15.2 Å². The molecule has 0 fully saturated rings. The molecule has 5 heteroatoms. The van der Waals surface area contributed by atoms with Crippen molar-refractivity contribution in [3.8, 4) is 22.4 Å². The van der Waals surface area contributed by atoms with Crippen LogP contribution in [-0.4, -0.2) is 15.2 Å². The topological polar surface area (TPSA) is 67.6 Å². The molecule has 3 rings (SSSR count). The van der Waals surface area contributed by atoms with Gasteiger partial charge in [-0.25, -0.2) is 0 Å². The number of aromatic nitrogens is 3. The fraction of sp³-hybridized carbons (Fsp3) is 0.0667. The SMILES string of the molecule is Cc1cc(Cl)cc(-c2[nH]nc(N)c2-c2cccnc2)c1. The lowest BCUT2D eigenvalue weighted by Crippen LogP contribution is -1.89. The van der Waals surface area contributed by atoms with Crippen LogP contribution < -0.4 is 5.73 Å². The molecule has 3 N–H and O–H groups in total. The molecule has 1 aromatic carbocycles. The van der Waals surface area contributed by atoms with E-state index in [1.54, 1.807) is 12.4 Å². The highest BCUT2D eigenvalue weighted by Gasteiger charge is 2.15. The van der Waals surface area contributed by atoms with Gasteiger partial charge in [-0.05, 0) is 36.8 Å². The van der Waals surface area contributed by atoms with Gasteiger partial charge in [-0.15, -0.1) is 0 Å². The van der Waals surface area contributed by atoms with Crippen molar-refractivity contribution >= 4 is 17.4 Å². The Hall–Kier alpha value is -2.33. The Balaban J connectivity index is 2.21. The maximum atomic E-state index is 6.13. The van der Waals surface area contributed by atoms with Crippen molar-refractivity contribution in [3.05, 3.63) is 53.3 Å². The standard InChI is InChI=1S/C15H13ClN4/c1-9-5-11(7-12(16)6-9)14-13(15(17)20-19-14)10-3-2-4-18-8-10/h2-8H,1H3,(H3,17,19,20). The van der Waals surface area contributed by atoms with Crippen LogP contribution in [0.3, 0.4) is 0 Å². The first-order valence-electron chi connectivity index (χ1n) is 6.17. The summed E-state index contributed by atoms with van der Waals surface area (Å²) in [4.78, 5) is 4.13. The number of halogens is 1. The number of nitrogens with one attached hydrogen (secondary N) is 1. The van der Waals surface area contributed by atoms with E-state index in [0.717, 1.165) is 27.9 Å². The van der Waals surface area contributed by atoms with Crippen molar-refractivity contribution in [3.63, 3.8) is 0 Å². The molecule has 100 valence electrons. The van der Waals surface area contributed by atoms with Gasteiger partial charge < -0.3 is 5.73 Å². The third-order valence-corrected chi connectivity index (χ3v) is 3.29. The van der Waals surface area contributed by atoms with Gasteiger partial charge in [0.2, 0.25) is 0 Å². The summed E-state index contributed by atoms with van der Waals surface area (Å²) in [5, 5.41) is 7.78. The molecule has 3 aromatic rings. The number of hydrogen-bond donors (Lipinski definition) is 2. The average Bonchev–Trinajstić information content (AvgIpc) is 2.80. The Morgan fingerprint density at radius 1 is 1.20 bits per heavy atom. The fourth-order valence-corrected chi connectivity index (χ4v) is 2.54. The summed E-state index contributed by atoms with van der Waals surface area (Å²) in [6.45, 7) is 2.00. The molecule has 0 atom stereocenters. The number of aryl methyl sites for hydroxylation is 1. The second-order valence-corrected chi connectivity index (χ2v) is 5.05. The number of hydrogen-bond acceptors (Lipinski definition) is 3. The molecule has 2 aromatic heterocycles.